The van der Waals surface area contributed by atoms with Gasteiger partial charge in [0, 0.05) is 11.8 Å². The summed E-state index contributed by atoms with van der Waals surface area (Å²) in [5.74, 6) is -0.770. The van der Waals surface area contributed by atoms with Gasteiger partial charge in [0.25, 0.3) is 11.8 Å². The van der Waals surface area contributed by atoms with Crippen LogP contribution >= 0.6 is 0 Å². The zero-order valence-electron chi connectivity index (χ0n) is 13.3. The van der Waals surface area contributed by atoms with Crippen molar-refractivity contribution in [2.75, 3.05) is 18.5 Å². The smallest absolute Gasteiger partial charge is 0.277 e. The average molecular weight is 302 g/mol. The lowest BCUT2D eigenvalue weighted by Gasteiger charge is -2.18. The second-order valence-electron chi connectivity index (χ2n) is 5.37. The monoisotopic (exact) mass is 302 g/mol. The summed E-state index contributed by atoms with van der Waals surface area (Å²) in [5.41, 5.74) is 4.61. The van der Waals surface area contributed by atoms with Crippen molar-refractivity contribution in [2.45, 2.75) is 33.6 Å². The SMILES string of the molecule is CCc1cc(C)cc(CC)c1NC1=CC(=O)N(CCO)C1=O. The maximum Gasteiger partial charge on any atom is 0.277 e. The Morgan fingerprint density at radius 2 is 1.73 bits per heavy atom. The second kappa shape index (κ2) is 6.75. The molecule has 0 aromatic heterocycles. The molecule has 0 saturated carbocycles. The molecule has 0 fully saturated rings. The standard InChI is InChI=1S/C17H22N2O3/c1-4-12-8-11(3)9-13(5-2)16(12)18-14-10-15(21)19(6-7-20)17(14)22/h8-10,18,20H,4-7H2,1-3H3. The topological polar surface area (TPSA) is 69.6 Å². The number of aliphatic hydroxyl groups excluding tert-OH is 1. The van der Waals surface area contributed by atoms with Crippen LogP contribution in [0.2, 0.25) is 0 Å². The van der Waals surface area contributed by atoms with Crippen molar-refractivity contribution in [1.82, 2.24) is 4.90 Å². The maximum atomic E-state index is 12.2. The highest BCUT2D eigenvalue weighted by Gasteiger charge is 2.31. The quantitative estimate of drug-likeness (QED) is 0.786. The molecule has 5 heteroatoms. The van der Waals surface area contributed by atoms with Crippen LogP contribution in [-0.2, 0) is 22.4 Å². The molecule has 0 spiro atoms. The molecule has 1 aliphatic rings. The van der Waals surface area contributed by atoms with Gasteiger partial charge in [-0.15, -0.1) is 0 Å². The Labute approximate surface area is 130 Å². The van der Waals surface area contributed by atoms with E-state index in [1.165, 1.54) is 11.6 Å². The third kappa shape index (κ3) is 3.04. The number of aliphatic hydroxyl groups is 1. The normalized spacial score (nSPS) is 14.5. The maximum absolute atomic E-state index is 12.2. The molecule has 5 nitrogen and oxygen atoms in total. The predicted molar refractivity (Wildman–Crippen MR) is 85.4 cm³/mol. The molecule has 0 unspecified atom stereocenters. The van der Waals surface area contributed by atoms with E-state index in [4.69, 9.17) is 5.11 Å². The van der Waals surface area contributed by atoms with E-state index < -0.39 is 0 Å². The van der Waals surface area contributed by atoms with Crippen molar-refractivity contribution >= 4 is 17.5 Å². The third-order valence-electron chi connectivity index (χ3n) is 3.80. The minimum Gasteiger partial charge on any atom is -0.395 e. The van der Waals surface area contributed by atoms with Crippen molar-refractivity contribution in [1.29, 1.82) is 0 Å². The minimum absolute atomic E-state index is 0.0223. The fourth-order valence-corrected chi connectivity index (χ4v) is 2.70. The van der Waals surface area contributed by atoms with Crippen LogP contribution in [0.15, 0.2) is 23.9 Å². The highest BCUT2D eigenvalue weighted by atomic mass is 16.3. The molecule has 0 aliphatic carbocycles. The van der Waals surface area contributed by atoms with Crippen LogP contribution in [0, 0.1) is 6.92 Å². The number of imide groups is 1. The first kappa shape index (κ1) is 16.2. The Morgan fingerprint density at radius 3 is 2.23 bits per heavy atom. The first-order valence-corrected chi connectivity index (χ1v) is 7.59. The van der Waals surface area contributed by atoms with E-state index in [0.717, 1.165) is 34.6 Å². The van der Waals surface area contributed by atoms with Crippen molar-refractivity contribution in [2.24, 2.45) is 0 Å². The summed E-state index contributed by atoms with van der Waals surface area (Å²) in [7, 11) is 0. The fraction of sp³-hybridized carbons (Fsp3) is 0.412. The van der Waals surface area contributed by atoms with Gasteiger partial charge in [-0.2, -0.15) is 0 Å². The highest BCUT2D eigenvalue weighted by Crippen LogP contribution is 2.27. The van der Waals surface area contributed by atoms with Gasteiger partial charge in [-0.25, -0.2) is 0 Å². The molecule has 0 radical (unpaired) electrons. The van der Waals surface area contributed by atoms with Gasteiger partial charge in [-0.05, 0) is 30.9 Å². The van der Waals surface area contributed by atoms with Crippen molar-refractivity contribution < 1.29 is 14.7 Å². The van der Waals surface area contributed by atoms with Gasteiger partial charge < -0.3 is 10.4 Å². The third-order valence-corrected chi connectivity index (χ3v) is 3.80. The number of nitrogens with one attached hydrogen (secondary N) is 1. The Hall–Kier alpha value is -2.14. The molecule has 1 aliphatic heterocycles. The molecule has 1 heterocycles. The molecular formula is C17H22N2O3. The number of aryl methyl sites for hydroxylation is 3. The van der Waals surface area contributed by atoms with E-state index in [-0.39, 0.29) is 30.7 Å². The summed E-state index contributed by atoms with van der Waals surface area (Å²) in [6.45, 7) is 5.97. The number of hydrogen-bond acceptors (Lipinski definition) is 4. The largest absolute Gasteiger partial charge is 0.395 e. The molecule has 0 bridgehead atoms. The lowest BCUT2D eigenvalue weighted by atomic mass is 9.99. The van der Waals surface area contributed by atoms with Crippen LogP contribution in [0.5, 0.6) is 0 Å². The van der Waals surface area contributed by atoms with Gasteiger partial charge in [-0.1, -0.05) is 31.5 Å². The zero-order valence-corrected chi connectivity index (χ0v) is 13.3. The lowest BCUT2D eigenvalue weighted by Crippen LogP contribution is -2.34. The van der Waals surface area contributed by atoms with Crippen molar-refractivity contribution in [3.63, 3.8) is 0 Å². The van der Waals surface area contributed by atoms with Crippen LogP contribution < -0.4 is 5.32 Å². The summed E-state index contributed by atoms with van der Waals surface area (Å²) in [6, 6.07) is 4.18. The van der Waals surface area contributed by atoms with Gasteiger partial charge in [0.05, 0.1) is 13.2 Å². The zero-order chi connectivity index (χ0) is 16.3. The molecule has 2 amide bonds. The summed E-state index contributed by atoms with van der Waals surface area (Å²) in [4.78, 5) is 25.1. The molecule has 2 rings (SSSR count). The Morgan fingerprint density at radius 1 is 1.14 bits per heavy atom. The molecule has 118 valence electrons. The molecule has 2 N–H and O–H groups in total. The van der Waals surface area contributed by atoms with Gasteiger partial charge in [0.1, 0.15) is 5.70 Å². The number of rotatable bonds is 6. The number of amides is 2. The number of carbonyl (C=O) groups excluding carboxylic acids is 2. The van der Waals surface area contributed by atoms with Crippen LogP contribution in [0.4, 0.5) is 5.69 Å². The van der Waals surface area contributed by atoms with Gasteiger partial charge in [0.2, 0.25) is 0 Å². The lowest BCUT2D eigenvalue weighted by molar-refractivity contribution is -0.137. The van der Waals surface area contributed by atoms with E-state index >= 15 is 0 Å². The first-order valence-electron chi connectivity index (χ1n) is 7.59. The average Bonchev–Trinajstić information content (AvgIpc) is 2.76. The molecule has 1 aromatic carbocycles. The van der Waals surface area contributed by atoms with E-state index in [9.17, 15) is 9.59 Å². The van der Waals surface area contributed by atoms with Crippen LogP contribution in [0.1, 0.15) is 30.5 Å². The molecule has 0 saturated heterocycles. The Kier molecular flexibility index (Phi) is 4.98. The van der Waals surface area contributed by atoms with Crippen molar-refractivity contribution in [3.05, 3.63) is 40.6 Å². The van der Waals surface area contributed by atoms with Gasteiger partial charge >= 0.3 is 0 Å². The number of carbonyl (C=O) groups is 2. The van der Waals surface area contributed by atoms with Crippen LogP contribution in [0.3, 0.4) is 0 Å². The fourth-order valence-electron chi connectivity index (χ4n) is 2.70. The predicted octanol–water partition coefficient (Wildman–Crippen LogP) is 1.78. The molecular weight excluding hydrogens is 280 g/mol. The molecule has 1 aromatic rings. The van der Waals surface area contributed by atoms with Gasteiger partial charge in [0.15, 0.2) is 0 Å². The van der Waals surface area contributed by atoms with Crippen LogP contribution in [0.25, 0.3) is 0 Å². The summed E-state index contributed by atoms with van der Waals surface area (Å²) < 4.78 is 0. The number of benzene rings is 1. The molecule has 0 atom stereocenters. The van der Waals surface area contributed by atoms with Crippen LogP contribution in [-0.4, -0.2) is 35.0 Å². The van der Waals surface area contributed by atoms with E-state index in [1.54, 1.807) is 0 Å². The minimum atomic E-state index is -0.385. The number of anilines is 1. The summed E-state index contributed by atoms with van der Waals surface area (Å²) >= 11 is 0. The van der Waals surface area contributed by atoms with E-state index in [1.807, 2.05) is 0 Å². The Bertz CT molecular complexity index is 610. The van der Waals surface area contributed by atoms with Gasteiger partial charge in [-0.3, -0.25) is 14.5 Å². The van der Waals surface area contributed by atoms with Crippen molar-refractivity contribution in [3.8, 4) is 0 Å². The van der Waals surface area contributed by atoms with E-state index in [0.29, 0.717) is 0 Å². The molecule has 22 heavy (non-hydrogen) atoms. The van der Waals surface area contributed by atoms with E-state index in [2.05, 4.69) is 38.2 Å². The summed E-state index contributed by atoms with van der Waals surface area (Å²) in [6.07, 6.45) is 2.98. The number of nitrogens with zero attached hydrogens (tertiary/aromatic N) is 1. The highest BCUT2D eigenvalue weighted by molar-refractivity contribution is 6.17. The summed E-state index contributed by atoms with van der Waals surface area (Å²) in [5, 5.41) is 12.1. The second-order valence-corrected chi connectivity index (χ2v) is 5.37. The Balaban J connectivity index is 2.34. The number of β-amino-alcohol motifs (C(OH)–C–C–N with tert-alkyl or cyclic N) is 1. The first-order chi connectivity index (χ1) is 10.5. The number of hydrogen-bond donors (Lipinski definition) is 2.